The van der Waals surface area contributed by atoms with Crippen LogP contribution >= 0.6 is 0 Å². The molecule has 0 fully saturated rings. The van der Waals surface area contributed by atoms with E-state index in [0.717, 1.165) is 28.5 Å². The van der Waals surface area contributed by atoms with Crippen LogP contribution in [0.15, 0.2) is 48.5 Å². The third kappa shape index (κ3) is 3.57. The fraction of sp³-hybridized carbons (Fsp3) is 0.273. The molecule has 30 heavy (non-hydrogen) atoms. The second kappa shape index (κ2) is 7.72. The molecule has 154 valence electrons. The Balaban J connectivity index is 1.28. The van der Waals surface area contributed by atoms with E-state index in [0.29, 0.717) is 31.1 Å². The predicted octanol–water partition coefficient (Wildman–Crippen LogP) is 3.53. The molecule has 3 aromatic rings. The summed E-state index contributed by atoms with van der Waals surface area (Å²) in [5, 5.41) is 7.35. The monoisotopic (exact) mass is 407 g/mol. The van der Waals surface area contributed by atoms with Crippen molar-refractivity contribution in [1.29, 1.82) is 0 Å². The normalized spacial score (nSPS) is 16.8. The molecule has 1 N–H and O–H groups in total. The summed E-state index contributed by atoms with van der Waals surface area (Å²) in [5.74, 6) is 1.96. The van der Waals surface area contributed by atoms with Gasteiger partial charge < -0.3 is 24.3 Å². The molecule has 1 amide bonds. The SMILES string of the molecule is CCOc1ccc(NC(=O)c2cc3n(n2)C[C@@H](c2ccc4c(c2)OCO4)OC3)cc1. The number of hydrogen-bond donors (Lipinski definition) is 1. The summed E-state index contributed by atoms with van der Waals surface area (Å²) in [5.41, 5.74) is 2.89. The fourth-order valence-electron chi connectivity index (χ4n) is 3.55. The molecule has 2 aromatic carbocycles. The number of amides is 1. The second-order valence-corrected chi connectivity index (χ2v) is 7.03. The Morgan fingerprint density at radius 1 is 1.17 bits per heavy atom. The Morgan fingerprint density at radius 2 is 2.00 bits per heavy atom. The summed E-state index contributed by atoms with van der Waals surface area (Å²) in [6, 6.07) is 14.8. The van der Waals surface area contributed by atoms with Crippen molar-refractivity contribution in [2.45, 2.75) is 26.2 Å². The quantitative estimate of drug-likeness (QED) is 0.697. The summed E-state index contributed by atoms with van der Waals surface area (Å²) >= 11 is 0. The predicted molar refractivity (Wildman–Crippen MR) is 108 cm³/mol. The molecule has 0 unspecified atom stereocenters. The van der Waals surface area contributed by atoms with Crippen molar-refractivity contribution in [3.8, 4) is 17.2 Å². The van der Waals surface area contributed by atoms with Crippen LogP contribution in [-0.2, 0) is 17.9 Å². The van der Waals surface area contributed by atoms with Crippen LogP contribution in [0.2, 0.25) is 0 Å². The zero-order chi connectivity index (χ0) is 20.5. The Kier molecular flexibility index (Phi) is 4.76. The van der Waals surface area contributed by atoms with Crippen molar-refractivity contribution >= 4 is 11.6 Å². The molecular weight excluding hydrogens is 386 g/mol. The number of nitrogens with one attached hydrogen (secondary N) is 1. The molecule has 2 aliphatic rings. The molecule has 2 aliphatic heterocycles. The molecule has 1 atom stereocenters. The van der Waals surface area contributed by atoms with E-state index in [1.54, 1.807) is 18.2 Å². The van der Waals surface area contributed by atoms with Gasteiger partial charge in [0.1, 0.15) is 11.9 Å². The molecule has 8 heteroatoms. The van der Waals surface area contributed by atoms with Gasteiger partial charge in [-0.25, -0.2) is 0 Å². The molecule has 0 saturated heterocycles. The molecule has 3 heterocycles. The number of carbonyl (C=O) groups excluding carboxylic acids is 1. The molecule has 8 nitrogen and oxygen atoms in total. The van der Waals surface area contributed by atoms with Crippen LogP contribution in [-0.4, -0.2) is 29.1 Å². The van der Waals surface area contributed by atoms with Crippen LogP contribution in [0, 0.1) is 0 Å². The lowest BCUT2D eigenvalue weighted by atomic mass is 10.1. The molecule has 0 spiro atoms. The Bertz CT molecular complexity index is 1080. The van der Waals surface area contributed by atoms with Gasteiger partial charge in [-0.3, -0.25) is 9.48 Å². The van der Waals surface area contributed by atoms with Crippen LogP contribution in [0.1, 0.15) is 34.8 Å². The van der Waals surface area contributed by atoms with Crippen molar-refractivity contribution in [2.24, 2.45) is 0 Å². The Hall–Kier alpha value is -3.52. The van der Waals surface area contributed by atoms with Crippen molar-refractivity contribution in [1.82, 2.24) is 9.78 Å². The third-order valence-electron chi connectivity index (χ3n) is 5.06. The first-order chi connectivity index (χ1) is 14.7. The van der Waals surface area contributed by atoms with Crippen LogP contribution in [0.4, 0.5) is 5.69 Å². The summed E-state index contributed by atoms with van der Waals surface area (Å²) < 4.78 is 24.1. The molecule has 5 rings (SSSR count). The van der Waals surface area contributed by atoms with Gasteiger partial charge in [-0.15, -0.1) is 0 Å². The number of fused-ring (bicyclic) bond motifs is 2. The minimum atomic E-state index is -0.263. The molecule has 0 saturated carbocycles. The maximum absolute atomic E-state index is 12.6. The van der Waals surface area contributed by atoms with E-state index in [2.05, 4.69) is 10.4 Å². The van der Waals surface area contributed by atoms with Gasteiger partial charge in [0.05, 0.1) is 25.5 Å². The topological polar surface area (TPSA) is 83.8 Å². The molecular formula is C22H21N3O5. The highest BCUT2D eigenvalue weighted by atomic mass is 16.7. The van der Waals surface area contributed by atoms with Gasteiger partial charge in [0.2, 0.25) is 6.79 Å². The van der Waals surface area contributed by atoms with Gasteiger partial charge in [-0.05, 0) is 55.0 Å². The zero-order valence-electron chi connectivity index (χ0n) is 16.5. The average molecular weight is 407 g/mol. The van der Waals surface area contributed by atoms with Gasteiger partial charge in [0, 0.05) is 5.69 Å². The summed E-state index contributed by atoms with van der Waals surface area (Å²) in [4.78, 5) is 12.6. The van der Waals surface area contributed by atoms with Gasteiger partial charge >= 0.3 is 0 Å². The number of anilines is 1. The van der Waals surface area contributed by atoms with Crippen molar-refractivity contribution in [3.63, 3.8) is 0 Å². The highest BCUT2D eigenvalue weighted by molar-refractivity contribution is 6.02. The number of nitrogens with zero attached hydrogens (tertiary/aromatic N) is 2. The highest BCUT2D eigenvalue weighted by Crippen LogP contribution is 2.36. The van der Waals surface area contributed by atoms with Crippen LogP contribution in [0.3, 0.4) is 0 Å². The Labute approximate surface area is 173 Å². The van der Waals surface area contributed by atoms with E-state index in [4.69, 9.17) is 18.9 Å². The zero-order valence-corrected chi connectivity index (χ0v) is 16.5. The lowest BCUT2D eigenvalue weighted by Gasteiger charge is -2.24. The second-order valence-electron chi connectivity index (χ2n) is 7.03. The number of benzene rings is 2. The van der Waals surface area contributed by atoms with Crippen molar-refractivity contribution < 1.29 is 23.7 Å². The molecule has 0 bridgehead atoms. The van der Waals surface area contributed by atoms with E-state index >= 15 is 0 Å². The standard InChI is InChI=1S/C22H21N3O5/c1-2-27-17-6-4-15(5-7-17)23-22(26)18-10-16-12-28-21(11-25(16)24-18)14-3-8-19-20(9-14)30-13-29-19/h3-10,21H,2,11-13H2,1H3,(H,23,26)/t21-/m0/s1. The molecule has 0 radical (unpaired) electrons. The first-order valence-electron chi connectivity index (χ1n) is 9.81. The third-order valence-corrected chi connectivity index (χ3v) is 5.06. The van der Waals surface area contributed by atoms with Gasteiger partial charge in [-0.1, -0.05) is 6.07 Å². The van der Waals surface area contributed by atoms with Gasteiger partial charge in [0.25, 0.3) is 5.91 Å². The number of aromatic nitrogens is 2. The minimum Gasteiger partial charge on any atom is -0.494 e. The summed E-state index contributed by atoms with van der Waals surface area (Å²) in [6.07, 6.45) is -0.172. The first kappa shape index (κ1) is 18.5. The number of carbonyl (C=O) groups is 1. The van der Waals surface area contributed by atoms with E-state index in [-0.39, 0.29) is 18.8 Å². The largest absolute Gasteiger partial charge is 0.494 e. The van der Waals surface area contributed by atoms with Crippen LogP contribution in [0.5, 0.6) is 17.2 Å². The highest BCUT2D eigenvalue weighted by Gasteiger charge is 2.26. The summed E-state index contributed by atoms with van der Waals surface area (Å²) in [7, 11) is 0. The minimum absolute atomic E-state index is 0.172. The lowest BCUT2D eigenvalue weighted by molar-refractivity contribution is -0.00127. The number of ether oxygens (including phenoxy) is 4. The smallest absolute Gasteiger partial charge is 0.276 e. The van der Waals surface area contributed by atoms with E-state index in [1.165, 1.54) is 0 Å². The lowest BCUT2D eigenvalue weighted by Crippen LogP contribution is -2.22. The Morgan fingerprint density at radius 3 is 2.83 bits per heavy atom. The van der Waals surface area contributed by atoms with Crippen LogP contribution in [0.25, 0.3) is 0 Å². The average Bonchev–Trinajstić information content (AvgIpc) is 3.41. The maximum Gasteiger partial charge on any atom is 0.276 e. The maximum atomic E-state index is 12.6. The molecule has 0 aliphatic carbocycles. The van der Waals surface area contributed by atoms with Crippen molar-refractivity contribution in [3.05, 3.63) is 65.5 Å². The van der Waals surface area contributed by atoms with Gasteiger partial charge in [-0.2, -0.15) is 5.10 Å². The van der Waals surface area contributed by atoms with Crippen molar-refractivity contribution in [2.75, 3.05) is 18.7 Å². The number of hydrogen-bond acceptors (Lipinski definition) is 6. The first-order valence-corrected chi connectivity index (χ1v) is 9.81. The number of rotatable bonds is 5. The summed E-state index contributed by atoms with van der Waals surface area (Å²) in [6.45, 7) is 3.66. The molecule has 1 aromatic heterocycles. The van der Waals surface area contributed by atoms with E-state index in [9.17, 15) is 4.79 Å². The van der Waals surface area contributed by atoms with E-state index < -0.39 is 0 Å². The fourth-order valence-corrected chi connectivity index (χ4v) is 3.55. The van der Waals surface area contributed by atoms with E-state index in [1.807, 2.05) is 41.9 Å². The van der Waals surface area contributed by atoms with Crippen LogP contribution < -0.4 is 19.5 Å². The van der Waals surface area contributed by atoms with Gasteiger partial charge in [0.15, 0.2) is 17.2 Å².